The van der Waals surface area contributed by atoms with E-state index in [0.29, 0.717) is 40.7 Å². The number of hydrogen-bond donors (Lipinski definition) is 0. The first-order chi connectivity index (χ1) is 13.6. The van der Waals surface area contributed by atoms with Crippen molar-refractivity contribution in [1.82, 2.24) is 18.7 Å². The second-order valence-electron chi connectivity index (χ2n) is 6.89. The van der Waals surface area contributed by atoms with Gasteiger partial charge < -0.3 is 4.74 Å². The van der Waals surface area contributed by atoms with Gasteiger partial charge in [0.2, 0.25) is 5.78 Å². The molecule has 1 saturated heterocycles. The van der Waals surface area contributed by atoms with Crippen LogP contribution in [0.25, 0.3) is 16.0 Å². The average molecular weight is 417 g/mol. The van der Waals surface area contributed by atoms with E-state index in [0.717, 1.165) is 18.4 Å². The van der Waals surface area contributed by atoms with Crippen molar-refractivity contribution in [2.45, 2.75) is 32.0 Å². The maximum atomic E-state index is 13.1. The minimum Gasteiger partial charge on any atom is -0.376 e. The smallest absolute Gasteiger partial charge is 0.352 e. The molecule has 1 atom stereocenters. The summed E-state index contributed by atoms with van der Waals surface area (Å²) in [5.74, 6) is 0.352. The van der Waals surface area contributed by atoms with Crippen LogP contribution in [0.4, 0.5) is 0 Å². The van der Waals surface area contributed by atoms with Crippen molar-refractivity contribution in [1.29, 1.82) is 0 Å². The molecule has 7 nitrogen and oxygen atoms in total. The SMILES string of the molecule is O=c1c2sccc2n2c(=O)n(Cc3ccc(Cl)cc3)nc2n1CC1CCCO1. The summed E-state index contributed by atoms with van der Waals surface area (Å²) in [4.78, 5) is 26.2. The lowest BCUT2D eigenvalue weighted by molar-refractivity contribution is 0.0969. The van der Waals surface area contributed by atoms with Crippen LogP contribution < -0.4 is 11.2 Å². The van der Waals surface area contributed by atoms with Crippen LogP contribution in [0, 0.1) is 0 Å². The van der Waals surface area contributed by atoms with E-state index < -0.39 is 0 Å². The molecular formula is C19H17ClN4O3S. The number of thiophene rings is 1. The van der Waals surface area contributed by atoms with Gasteiger partial charge in [-0.2, -0.15) is 0 Å². The third-order valence-corrected chi connectivity index (χ3v) is 6.19. The standard InChI is InChI=1S/C19H17ClN4O3S/c20-13-5-3-12(4-6-13)10-23-19(26)24-15-7-9-28-16(15)17(25)22(18(24)21-23)11-14-2-1-8-27-14/h3-7,9,14H,1-2,8,10-11H2. The molecule has 144 valence electrons. The van der Waals surface area contributed by atoms with Gasteiger partial charge in [-0.15, -0.1) is 16.4 Å². The summed E-state index contributed by atoms with van der Waals surface area (Å²) < 4.78 is 10.8. The predicted molar refractivity (Wildman–Crippen MR) is 109 cm³/mol. The monoisotopic (exact) mass is 416 g/mol. The second-order valence-corrected chi connectivity index (χ2v) is 8.24. The van der Waals surface area contributed by atoms with Crippen molar-refractivity contribution in [2.75, 3.05) is 6.61 Å². The molecule has 1 aliphatic rings. The molecule has 3 aromatic heterocycles. The molecule has 0 saturated carbocycles. The van der Waals surface area contributed by atoms with Crippen LogP contribution >= 0.6 is 22.9 Å². The summed E-state index contributed by atoms with van der Waals surface area (Å²) in [7, 11) is 0. The summed E-state index contributed by atoms with van der Waals surface area (Å²) in [6.07, 6.45) is 1.85. The molecule has 0 spiro atoms. The fourth-order valence-electron chi connectivity index (χ4n) is 3.66. The highest BCUT2D eigenvalue weighted by Crippen LogP contribution is 2.20. The van der Waals surface area contributed by atoms with Crippen LogP contribution in [-0.4, -0.2) is 31.5 Å². The number of hydrogen-bond acceptors (Lipinski definition) is 5. The summed E-state index contributed by atoms with van der Waals surface area (Å²) in [5.41, 5.74) is 1.11. The van der Waals surface area contributed by atoms with Crippen LogP contribution in [0.5, 0.6) is 0 Å². The topological polar surface area (TPSA) is 70.5 Å². The second kappa shape index (κ2) is 6.88. The zero-order chi connectivity index (χ0) is 19.3. The number of nitrogens with zero attached hydrogens (tertiary/aromatic N) is 4. The Balaban J connectivity index is 1.69. The molecule has 1 unspecified atom stereocenters. The lowest BCUT2D eigenvalue weighted by atomic mass is 10.2. The lowest BCUT2D eigenvalue weighted by Gasteiger charge is -2.12. The van der Waals surface area contributed by atoms with E-state index in [1.807, 2.05) is 17.5 Å². The largest absolute Gasteiger partial charge is 0.376 e. The Kier molecular flexibility index (Phi) is 4.34. The minimum absolute atomic E-state index is 0.0320. The number of halogens is 1. The first-order valence-corrected chi connectivity index (χ1v) is 10.3. The van der Waals surface area contributed by atoms with Crippen molar-refractivity contribution in [3.05, 3.63) is 67.1 Å². The van der Waals surface area contributed by atoms with Gasteiger partial charge in [-0.25, -0.2) is 13.9 Å². The molecule has 1 aliphatic heterocycles. The van der Waals surface area contributed by atoms with Crippen molar-refractivity contribution in [3.8, 4) is 0 Å². The van der Waals surface area contributed by atoms with E-state index in [1.54, 1.807) is 22.8 Å². The number of aromatic nitrogens is 4. The van der Waals surface area contributed by atoms with Gasteiger partial charge in [0.15, 0.2) is 0 Å². The number of ether oxygens (including phenoxy) is 1. The fraction of sp³-hybridized carbons (Fsp3) is 0.316. The molecule has 0 N–H and O–H groups in total. The molecule has 4 heterocycles. The molecule has 5 rings (SSSR count). The normalized spacial score (nSPS) is 17.1. The highest BCUT2D eigenvalue weighted by molar-refractivity contribution is 7.17. The maximum Gasteiger partial charge on any atom is 0.352 e. The Morgan fingerprint density at radius 3 is 2.79 bits per heavy atom. The van der Waals surface area contributed by atoms with E-state index in [1.165, 1.54) is 20.4 Å². The summed E-state index contributed by atoms with van der Waals surface area (Å²) >= 11 is 7.28. The lowest BCUT2D eigenvalue weighted by Crippen LogP contribution is -2.29. The van der Waals surface area contributed by atoms with Gasteiger partial charge in [-0.3, -0.25) is 9.36 Å². The highest BCUT2D eigenvalue weighted by atomic mass is 35.5. The van der Waals surface area contributed by atoms with Crippen molar-refractivity contribution in [2.24, 2.45) is 0 Å². The van der Waals surface area contributed by atoms with Crippen LogP contribution in [0.15, 0.2) is 45.3 Å². The van der Waals surface area contributed by atoms with Crippen LogP contribution in [-0.2, 0) is 17.8 Å². The molecular weight excluding hydrogens is 400 g/mol. The Morgan fingerprint density at radius 2 is 2.04 bits per heavy atom. The Hall–Kier alpha value is -2.42. The first-order valence-electron chi connectivity index (χ1n) is 9.07. The van der Waals surface area contributed by atoms with E-state index >= 15 is 0 Å². The maximum absolute atomic E-state index is 13.1. The fourth-order valence-corrected chi connectivity index (χ4v) is 4.61. The molecule has 4 aromatic rings. The Bertz CT molecular complexity index is 1280. The molecule has 0 bridgehead atoms. The molecule has 0 radical (unpaired) electrons. The van der Waals surface area contributed by atoms with E-state index in [9.17, 15) is 9.59 Å². The van der Waals surface area contributed by atoms with Crippen LogP contribution in [0.3, 0.4) is 0 Å². The molecule has 1 fully saturated rings. The Labute approximate surface area is 168 Å². The Morgan fingerprint density at radius 1 is 1.21 bits per heavy atom. The van der Waals surface area contributed by atoms with Gasteiger partial charge in [0.25, 0.3) is 5.56 Å². The van der Waals surface area contributed by atoms with Gasteiger partial charge in [0.05, 0.1) is 24.7 Å². The average Bonchev–Trinajstić information content (AvgIpc) is 3.42. The molecule has 0 aliphatic carbocycles. The number of fused-ring (bicyclic) bond motifs is 3. The first kappa shape index (κ1) is 17.7. The van der Waals surface area contributed by atoms with Crippen molar-refractivity contribution in [3.63, 3.8) is 0 Å². The predicted octanol–water partition coefficient (Wildman–Crippen LogP) is 2.75. The van der Waals surface area contributed by atoms with Gasteiger partial charge in [0.1, 0.15) is 4.70 Å². The van der Waals surface area contributed by atoms with Gasteiger partial charge in [-0.05, 0) is 42.0 Å². The van der Waals surface area contributed by atoms with Gasteiger partial charge in [-0.1, -0.05) is 23.7 Å². The molecule has 9 heteroatoms. The van der Waals surface area contributed by atoms with Crippen molar-refractivity contribution >= 4 is 38.9 Å². The third kappa shape index (κ3) is 2.88. The van der Waals surface area contributed by atoms with E-state index in [-0.39, 0.29) is 17.4 Å². The summed E-state index contributed by atoms with van der Waals surface area (Å²) in [6, 6.07) is 9.07. The minimum atomic E-state index is -0.269. The third-order valence-electron chi connectivity index (χ3n) is 5.04. The van der Waals surface area contributed by atoms with Gasteiger partial charge >= 0.3 is 5.69 Å². The number of benzene rings is 1. The highest BCUT2D eigenvalue weighted by Gasteiger charge is 2.22. The van der Waals surface area contributed by atoms with Crippen LogP contribution in [0.2, 0.25) is 5.02 Å². The number of rotatable bonds is 4. The molecule has 28 heavy (non-hydrogen) atoms. The van der Waals surface area contributed by atoms with E-state index in [4.69, 9.17) is 16.3 Å². The molecule has 1 aromatic carbocycles. The van der Waals surface area contributed by atoms with Gasteiger partial charge in [0, 0.05) is 11.6 Å². The summed E-state index contributed by atoms with van der Waals surface area (Å²) in [5, 5.41) is 6.97. The molecule has 0 amide bonds. The van der Waals surface area contributed by atoms with E-state index in [2.05, 4.69) is 5.10 Å². The zero-order valence-electron chi connectivity index (χ0n) is 14.9. The quantitative estimate of drug-likeness (QED) is 0.513. The summed E-state index contributed by atoms with van der Waals surface area (Å²) in [6.45, 7) is 1.40. The van der Waals surface area contributed by atoms with Crippen molar-refractivity contribution < 1.29 is 4.74 Å². The zero-order valence-corrected chi connectivity index (χ0v) is 16.4. The van der Waals surface area contributed by atoms with Crippen LogP contribution in [0.1, 0.15) is 18.4 Å².